The fraction of sp³-hybridized carbons (Fsp3) is 0.440. The third-order valence-corrected chi connectivity index (χ3v) is 6.46. The summed E-state index contributed by atoms with van der Waals surface area (Å²) in [6, 6.07) is 5.95. The Kier molecular flexibility index (Phi) is 6.38. The van der Waals surface area contributed by atoms with Gasteiger partial charge in [0, 0.05) is 23.7 Å². The van der Waals surface area contributed by atoms with Gasteiger partial charge < -0.3 is 15.5 Å². The fourth-order valence-corrected chi connectivity index (χ4v) is 4.41. The second-order valence-corrected chi connectivity index (χ2v) is 9.98. The summed E-state index contributed by atoms with van der Waals surface area (Å²) in [6.45, 7) is 3.55. The van der Waals surface area contributed by atoms with E-state index in [9.17, 15) is 10.2 Å². The van der Waals surface area contributed by atoms with Crippen molar-refractivity contribution in [3.8, 4) is 17.6 Å². The van der Waals surface area contributed by atoms with Gasteiger partial charge in [0.1, 0.15) is 11.8 Å². The van der Waals surface area contributed by atoms with Crippen molar-refractivity contribution in [2.45, 2.75) is 70.1 Å². The molecule has 0 amide bonds. The van der Waals surface area contributed by atoms with Crippen molar-refractivity contribution in [3.63, 3.8) is 0 Å². The van der Waals surface area contributed by atoms with E-state index in [1.165, 1.54) is 6.20 Å². The zero-order chi connectivity index (χ0) is 25.3. The quantitative estimate of drug-likeness (QED) is 0.357. The molecule has 11 nitrogen and oxygen atoms in total. The zero-order valence-corrected chi connectivity index (χ0v) is 20.3. The molecule has 0 aromatic carbocycles. The summed E-state index contributed by atoms with van der Waals surface area (Å²) in [6.07, 6.45) is 10.9. The van der Waals surface area contributed by atoms with E-state index in [2.05, 4.69) is 36.8 Å². The molecule has 1 aliphatic carbocycles. The maximum absolute atomic E-state index is 10.1. The summed E-state index contributed by atoms with van der Waals surface area (Å²) in [5.41, 5.74) is 2.64. The number of rotatable bonds is 7. The Morgan fingerprint density at radius 1 is 1.14 bits per heavy atom. The van der Waals surface area contributed by atoms with Gasteiger partial charge in [-0.15, -0.1) is 5.10 Å². The van der Waals surface area contributed by atoms with Crippen molar-refractivity contribution < 1.29 is 10.2 Å². The molecular weight excluding hydrogens is 458 g/mol. The highest BCUT2D eigenvalue weighted by Gasteiger charge is 2.22. The zero-order valence-electron chi connectivity index (χ0n) is 20.3. The van der Waals surface area contributed by atoms with Crippen LogP contribution in [0.1, 0.15) is 57.2 Å². The van der Waals surface area contributed by atoms with Gasteiger partial charge in [0.25, 0.3) is 0 Å². The molecule has 1 fully saturated rings. The number of nitrogens with zero attached hydrogens (tertiary/aromatic N) is 8. The predicted octanol–water partition coefficient (Wildman–Crippen LogP) is 2.69. The number of fused-ring (bicyclic) bond motifs is 1. The minimum Gasteiger partial charge on any atom is -0.393 e. The largest absolute Gasteiger partial charge is 0.393 e. The van der Waals surface area contributed by atoms with E-state index in [1.54, 1.807) is 41.7 Å². The number of aliphatic hydroxyl groups excluding tert-OH is 1. The van der Waals surface area contributed by atoms with Gasteiger partial charge in [-0.2, -0.15) is 15.0 Å². The van der Waals surface area contributed by atoms with E-state index in [1.807, 2.05) is 12.3 Å². The molecule has 1 saturated carbocycles. The van der Waals surface area contributed by atoms with E-state index in [-0.39, 0.29) is 12.1 Å². The SMILES string of the molecule is CC(C)(O)CCc1cn(-c2cnc(-n3ncc4cc(C#N)cnc43)cc2N[C@H]2CC[C@@H](O)CC2)nn1. The Bertz CT molecular complexity index is 1410. The molecule has 0 unspecified atom stereocenters. The molecule has 0 bridgehead atoms. The van der Waals surface area contributed by atoms with Crippen molar-refractivity contribution in [2.24, 2.45) is 0 Å². The number of hydrogen-bond donors (Lipinski definition) is 3. The molecule has 0 aliphatic heterocycles. The maximum atomic E-state index is 10.1. The van der Waals surface area contributed by atoms with Crippen LogP contribution in [-0.4, -0.2) is 62.7 Å². The Morgan fingerprint density at radius 2 is 1.94 bits per heavy atom. The molecule has 3 N–H and O–H groups in total. The van der Waals surface area contributed by atoms with Crippen LogP contribution in [0.3, 0.4) is 0 Å². The summed E-state index contributed by atoms with van der Waals surface area (Å²) in [5, 5.41) is 46.6. The van der Waals surface area contributed by atoms with Crippen molar-refractivity contribution in [1.29, 1.82) is 5.26 Å². The molecular formula is C25H29N9O2. The van der Waals surface area contributed by atoms with Crippen LogP contribution in [0.25, 0.3) is 22.5 Å². The summed E-state index contributed by atoms with van der Waals surface area (Å²) in [5.74, 6) is 0.576. The van der Waals surface area contributed by atoms with Gasteiger partial charge in [-0.3, -0.25) is 0 Å². The number of nitrogens with one attached hydrogen (secondary N) is 1. The third kappa shape index (κ3) is 5.19. The van der Waals surface area contributed by atoms with Crippen LogP contribution < -0.4 is 5.32 Å². The highest BCUT2D eigenvalue weighted by Crippen LogP contribution is 2.28. The molecule has 0 saturated heterocycles. The Hall–Kier alpha value is -3.88. The van der Waals surface area contributed by atoms with Crippen LogP contribution in [0.15, 0.2) is 36.9 Å². The molecule has 0 radical (unpaired) electrons. The lowest BCUT2D eigenvalue weighted by Gasteiger charge is -2.28. The highest BCUT2D eigenvalue weighted by atomic mass is 16.3. The topological polar surface area (TPSA) is 151 Å². The van der Waals surface area contributed by atoms with Gasteiger partial charge in [0.2, 0.25) is 0 Å². The average Bonchev–Trinajstić information content (AvgIpc) is 3.50. The maximum Gasteiger partial charge on any atom is 0.164 e. The molecule has 4 aromatic rings. The third-order valence-electron chi connectivity index (χ3n) is 6.46. The van der Waals surface area contributed by atoms with Gasteiger partial charge in [0.15, 0.2) is 11.5 Å². The van der Waals surface area contributed by atoms with E-state index >= 15 is 0 Å². The normalized spacial score (nSPS) is 18.3. The summed E-state index contributed by atoms with van der Waals surface area (Å²) >= 11 is 0. The van der Waals surface area contributed by atoms with E-state index in [0.717, 1.165) is 48.1 Å². The smallest absolute Gasteiger partial charge is 0.164 e. The predicted molar refractivity (Wildman–Crippen MR) is 133 cm³/mol. The molecule has 1 aliphatic rings. The number of hydrogen-bond acceptors (Lipinski definition) is 9. The summed E-state index contributed by atoms with van der Waals surface area (Å²) in [4.78, 5) is 9.05. The first-order chi connectivity index (χ1) is 17.3. The number of nitriles is 1. The van der Waals surface area contributed by atoms with Gasteiger partial charge in [-0.05, 0) is 58.4 Å². The Labute approximate surface area is 208 Å². The molecule has 11 heteroatoms. The van der Waals surface area contributed by atoms with Crippen molar-refractivity contribution in [2.75, 3.05) is 5.32 Å². The number of anilines is 1. The molecule has 4 heterocycles. The minimum absolute atomic E-state index is 0.200. The van der Waals surface area contributed by atoms with Crippen LogP contribution >= 0.6 is 0 Å². The van der Waals surface area contributed by atoms with Crippen molar-refractivity contribution in [3.05, 3.63) is 48.2 Å². The number of aromatic nitrogens is 7. The second-order valence-electron chi connectivity index (χ2n) is 9.98. The first kappa shape index (κ1) is 23.8. The first-order valence-electron chi connectivity index (χ1n) is 12.1. The van der Waals surface area contributed by atoms with E-state index in [4.69, 9.17) is 5.26 Å². The van der Waals surface area contributed by atoms with Gasteiger partial charge in [-0.1, -0.05) is 5.21 Å². The lowest BCUT2D eigenvalue weighted by molar-refractivity contribution is 0.0711. The molecule has 186 valence electrons. The highest BCUT2D eigenvalue weighted by molar-refractivity contribution is 5.77. The van der Waals surface area contributed by atoms with Gasteiger partial charge in [0.05, 0.1) is 47.2 Å². The van der Waals surface area contributed by atoms with Crippen LogP contribution in [0.4, 0.5) is 5.69 Å². The minimum atomic E-state index is -0.778. The fourth-order valence-electron chi connectivity index (χ4n) is 4.41. The van der Waals surface area contributed by atoms with Gasteiger partial charge >= 0.3 is 0 Å². The summed E-state index contributed by atoms with van der Waals surface area (Å²) < 4.78 is 3.33. The molecule has 4 aromatic heterocycles. The molecule has 36 heavy (non-hydrogen) atoms. The standard InChI is InChI=1S/C25H29N9O2/c1-25(2,36)8-7-19-15-33(32-31-19)22-14-27-23(10-21(22)30-18-3-5-20(35)6-4-18)34-24-17(13-29-34)9-16(11-26)12-28-24/h9-10,12-15,18,20,35-36H,3-8H2,1-2H3,(H,27,30)/t18-,20+. The van der Waals surface area contributed by atoms with E-state index < -0.39 is 5.60 Å². The first-order valence-corrected chi connectivity index (χ1v) is 12.1. The Morgan fingerprint density at radius 3 is 2.69 bits per heavy atom. The van der Waals surface area contributed by atoms with Crippen LogP contribution in [0, 0.1) is 11.3 Å². The van der Waals surface area contributed by atoms with Crippen LogP contribution in [-0.2, 0) is 6.42 Å². The molecule has 0 atom stereocenters. The van der Waals surface area contributed by atoms with E-state index in [0.29, 0.717) is 29.9 Å². The van der Waals surface area contributed by atoms with Crippen molar-refractivity contribution >= 4 is 16.7 Å². The average molecular weight is 488 g/mol. The van der Waals surface area contributed by atoms with Crippen LogP contribution in [0.5, 0.6) is 0 Å². The number of aryl methyl sites for hydroxylation is 1. The lowest BCUT2D eigenvalue weighted by Crippen LogP contribution is -2.28. The van der Waals surface area contributed by atoms with Gasteiger partial charge in [-0.25, -0.2) is 14.6 Å². The number of pyridine rings is 2. The molecule has 0 spiro atoms. The molecule has 5 rings (SSSR count). The van der Waals surface area contributed by atoms with Crippen molar-refractivity contribution in [1.82, 2.24) is 34.7 Å². The lowest BCUT2D eigenvalue weighted by atomic mass is 9.93. The Balaban J connectivity index is 1.50. The van der Waals surface area contributed by atoms with Crippen LogP contribution in [0.2, 0.25) is 0 Å². The number of aliphatic hydroxyl groups is 2. The summed E-state index contributed by atoms with van der Waals surface area (Å²) in [7, 11) is 0. The monoisotopic (exact) mass is 487 g/mol. The second kappa shape index (κ2) is 9.64.